The highest BCUT2D eigenvalue weighted by molar-refractivity contribution is 7.19. The Balaban J connectivity index is 1.72. The van der Waals surface area contributed by atoms with Crippen molar-refractivity contribution < 1.29 is 9.90 Å². The molecule has 6 nitrogen and oxygen atoms in total. The average Bonchev–Trinajstić information content (AvgIpc) is 3.28. The van der Waals surface area contributed by atoms with Crippen molar-refractivity contribution in [3.05, 3.63) is 71.5 Å². The molecule has 128 valence electrons. The van der Waals surface area contributed by atoms with Crippen LogP contribution in [0.3, 0.4) is 0 Å². The zero-order valence-corrected chi connectivity index (χ0v) is 14.4. The van der Waals surface area contributed by atoms with Crippen molar-refractivity contribution in [3.63, 3.8) is 0 Å². The molecule has 2 aromatic heterocycles. The van der Waals surface area contributed by atoms with Gasteiger partial charge in [-0.05, 0) is 30.3 Å². The first-order chi connectivity index (χ1) is 12.7. The van der Waals surface area contributed by atoms with Gasteiger partial charge in [-0.3, -0.25) is 4.79 Å². The first-order valence-electron chi connectivity index (χ1n) is 7.95. The predicted molar refractivity (Wildman–Crippen MR) is 101 cm³/mol. The molecular formula is C19H14N4O2S. The van der Waals surface area contributed by atoms with Gasteiger partial charge < -0.3 is 5.11 Å². The Labute approximate surface area is 153 Å². The molecule has 1 N–H and O–H groups in total. The van der Waals surface area contributed by atoms with Gasteiger partial charge in [0, 0.05) is 5.57 Å². The number of hydrogen-bond donors (Lipinski definition) is 1. The Hall–Kier alpha value is -3.32. The van der Waals surface area contributed by atoms with Crippen LogP contribution >= 0.6 is 11.3 Å². The number of aliphatic carboxylic acids is 1. The largest absolute Gasteiger partial charge is 0.481 e. The van der Waals surface area contributed by atoms with E-state index in [-0.39, 0.29) is 6.42 Å². The maximum absolute atomic E-state index is 11.3. The highest BCUT2D eigenvalue weighted by Crippen LogP contribution is 2.30. The quantitative estimate of drug-likeness (QED) is 0.582. The predicted octanol–water partition coefficient (Wildman–Crippen LogP) is 3.89. The molecule has 0 aliphatic heterocycles. The summed E-state index contributed by atoms with van der Waals surface area (Å²) < 4.78 is 1.02. The second-order valence-corrected chi connectivity index (χ2v) is 6.65. The van der Waals surface area contributed by atoms with Gasteiger partial charge in [0.2, 0.25) is 0 Å². The molecule has 0 fully saturated rings. The van der Waals surface area contributed by atoms with E-state index in [4.69, 9.17) is 0 Å². The van der Waals surface area contributed by atoms with Crippen molar-refractivity contribution in [2.45, 2.75) is 6.42 Å². The summed E-state index contributed by atoms with van der Waals surface area (Å²) in [4.78, 5) is 17.4. The fourth-order valence-corrected chi connectivity index (χ4v) is 3.55. The maximum atomic E-state index is 11.3. The lowest BCUT2D eigenvalue weighted by atomic mass is 10.1. The molecule has 0 aliphatic rings. The lowest BCUT2D eigenvalue weighted by molar-refractivity contribution is -0.135. The van der Waals surface area contributed by atoms with Crippen molar-refractivity contribution in [1.29, 1.82) is 0 Å². The molecule has 0 atom stereocenters. The molecule has 0 bridgehead atoms. The van der Waals surface area contributed by atoms with E-state index < -0.39 is 5.97 Å². The number of rotatable bonds is 5. The van der Waals surface area contributed by atoms with Crippen molar-refractivity contribution in [3.8, 4) is 5.69 Å². The van der Waals surface area contributed by atoms with Gasteiger partial charge in [-0.1, -0.05) is 30.3 Å². The number of carbonyl (C=O) groups is 1. The molecule has 2 aromatic carbocycles. The Morgan fingerprint density at radius 3 is 2.65 bits per heavy atom. The van der Waals surface area contributed by atoms with Crippen LogP contribution in [-0.4, -0.2) is 31.1 Å². The number of aromatic nitrogens is 4. The van der Waals surface area contributed by atoms with Crippen LogP contribution in [0.15, 0.2) is 60.8 Å². The lowest BCUT2D eigenvalue weighted by Crippen LogP contribution is -1.99. The Bertz CT molecular complexity index is 1070. The van der Waals surface area contributed by atoms with Crippen LogP contribution in [0.1, 0.15) is 17.1 Å². The molecule has 0 aliphatic carbocycles. The fraction of sp³-hybridized carbons (Fsp3) is 0.0526. The molecule has 7 heteroatoms. The number of carboxylic acid groups (broad SMARTS) is 1. The monoisotopic (exact) mass is 362 g/mol. The summed E-state index contributed by atoms with van der Waals surface area (Å²) in [5.74, 6) is -0.911. The summed E-state index contributed by atoms with van der Waals surface area (Å²) in [5, 5.41) is 18.6. The SMILES string of the molecule is O=C(O)CC(=Cc1cnn(-c2ccccc2)n1)c1nc2ccccc2s1. The van der Waals surface area contributed by atoms with Gasteiger partial charge in [-0.2, -0.15) is 9.90 Å². The topological polar surface area (TPSA) is 80.9 Å². The summed E-state index contributed by atoms with van der Waals surface area (Å²) in [6.07, 6.45) is 3.22. The molecule has 0 amide bonds. The molecule has 26 heavy (non-hydrogen) atoms. The first kappa shape index (κ1) is 16.2. The third-order valence-electron chi connectivity index (χ3n) is 3.73. The zero-order valence-electron chi connectivity index (χ0n) is 13.6. The van der Waals surface area contributed by atoms with Crippen LogP contribution in [0, 0.1) is 0 Å². The highest BCUT2D eigenvalue weighted by Gasteiger charge is 2.13. The Kier molecular flexibility index (Phi) is 4.28. The number of benzene rings is 2. The fourth-order valence-electron chi connectivity index (χ4n) is 2.57. The summed E-state index contributed by atoms with van der Waals surface area (Å²) >= 11 is 1.47. The number of nitrogens with zero attached hydrogens (tertiary/aromatic N) is 4. The summed E-state index contributed by atoms with van der Waals surface area (Å²) in [6, 6.07) is 17.3. The van der Waals surface area contributed by atoms with E-state index in [2.05, 4.69) is 15.2 Å². The summed E-state index contributed by atoms with van der Waals surface area (Å²) in [7, 11) is 0. The summed E-state index contributed by atoms with van der Waals surface area (Å²) in [6.45, 7) is 0. The van der Waals surface area contributed by atoms with Gasteiger partial charge in [-0.15, -0.1) is 16.4 Å². The van der Waals surface area contributed by atoms with Gasteiger partial charge >= 0.3 is 5.97 Å². The number of hydrogen-bond acceptors (Lipinski definition) is 5. The van der Waals surface area contributed by atoms with Crippen molar-refractivity contribution >= 4 is 39.2 Å². The van der Waals surface area contributed by atoms with Gasteiger partial charge in [-0.25, -0.2) is 4.98 Å². The van der Waals surface area contributed by atoms with E-state index in [1.807, 2.05) is 54.6 Å². The Morgan fingerprint density at radius 1 is 1.12 bits per heavy atom. The van der Waals surface area contributed by atoms with Crippen LogP contribution in [0.25, 0.3) is 27.6 Å². The second-order valence-electron chi connectivity index (χ2n) is 5.62. The number of para-hydroxylation sites is 2. The third kappa shape index (κ3) is 3.38. The molecule has 0 saturated heterocycles. The van der Waals surface area contributed by atoms with E-state index in [1.165, 1.54) is 16.1 Å². The minimum Gasteiger partial charge on any atom is -0.481 e. The molecule has 0 unspecified atom stereocenters. The molecular weight excluding hydrogens is 348 g/mol. The lowest BCUT2D eigenvalue weighted by Gasteiger charge is -2.00. The van der Waals surface area contributed by atoms with Crippen LogP contribution in [0.5, 0.6) is 0 Å². The normalized spacial score (nSPS) is 11.8. The third-order valence-corrected chi connectivity index (χ3v) is 4.84. The minimum absolute atomic E-state index is 0.127. The first-order valence-corrected chi connectivity index (χ1v) is 8.77. The standard InChI is InChI=1S/C19H14N4O2S/c24-18(25)11-13(19-21-16-8-4-5-9-17(16)26-19)10-14-12-20-23(22-14)15-6-2-1-3-7-15/h1-10,12H,11H2,(H,24,25). The number of thiazole rings is 1. The zero-order chi connectivity index (χ0) is 17.9. The second kappa shape index (κ2) is 6.89. The van der Waals surface area contributed by atoms with E-state index >= 15 is 0 Å². The molecule has 0 radical (unpaired) electrons. The molecule has 2 heterocycles. The van der Waals surface area contributed by atoms with Crippen molar-refractivity contribution in [1.82, 2.24) is 20.0 Å². The smallest absolute Gasteiger partial charge is 0.307 e. The van der Waals surface area contributed by atoms with E-state index in [0.29, 0.717) is 16.3 Å². The van der Waals surface area contributed by atoms with Crippen LogP contribution in [-0.2, 0) is 4.79 Å². The van der Waals surface area contributed by atoms with Gasteiger partial charge in [0.15, 0.2) is 0 Å². The van der Waals surface area contributed by atoms with E-state index in [1.54, 1.807) is 12.3 Å². The molecule has 4 rings (SSSR count). The van der Waals surface area contributed by atoms with Crippen molar-refractivity contribution in [2.24, 2.45) is 0 Å². The van der Waals surface area contributed by atoms with Crippen molar-refractivity contribution in [2.75, 3.05) is 0 Å². The van der Waals surface area contributed by atoms with E-state index in [9.17, 15) is 9.90 Å². The van der Waals surface area contributed by atoms with Gasteiger partial charge in [0.25, 0.3) is 0 Å². The highest BCUT2D eigenvalue weighted by atomic mass is 32.1. The average molecular weight is 362 g/mol. The van der Waals surface area contributed by atoms with Crippen LogP contribution < -0.4 is 0 Å². The minimum atomic E-state index is -0.911. The molecule has 4 aromatic rings. The Morgan fingerprint density at radius 2 is 1.88 bits per heavy atom. The van der Waals surface area contributed by atoms with Crippen LogP contribution in [0.4, 0.5) is 0 Å². The summed E-state index contributed by atoms with van der Waals surface area (Å²) in [5.41, 5.74) is 2.90. The molecule has 0 spiro atoms. The molecule has 0 saturated carbocycles. The number of fused-ring (bicyclic) bond motifs is 1. The van der Waals surface area contributed by atoms with Crippen LogP contribution in [0.2, 0.25) is 0 Å². The number of carboxylic acids is 1. The van der Waals surface area contributed by atoms with E-state index in [0.717, 1.165) is 15.9 Å². The van der Waals surface area contributed by atoms with Gasteiger partial charge in [0.1, 0.15) is 10.7 Å². The maximum Gasteiger partial charge on any atom is 0.307 e. The van der Waals surface area contributed by atoms with Gasteiger partial charge in [0.05, 0.1) is 28.5 Å².